The van der Waals surface area contributed by atoms with Crippen LogP contribution in [-0.2, 0) is 25.8 Å². The van der Waals surface area contributed by atoms with E-state index in [1.54, 1.807) is 20.5 Å². The second-order valence-electron chi connectivity index (χ2n) is 10.8. The Hall–Kier alpha value is -4.11. The normalized spacial score (nSPS) is 15.5. The number of hydrogen-bond acceptors (Lipinski definition) is 7. The van der Waals surface area contributed by atoms with Gasteiger partial charge >= 0.3 is 0 Å². The lowest BCUT2D eigenvalue weighted by molar-refractivity contribution is 0.0950. The Labute approximate surface area is 241 Å². The molecular formula is C32H38N6O3. The standard InChI is InChI=1S/C32H38N6O3/c1-40-27-14-8-11-24(31(27)41-2)21-33-32(39)28-25-12-6-7-13-26(25)30-29(28)34-22-35-38(30)37-19-17-36(18-20-37)16-15-23-9-4-3-5-10-23/h3-5,8-11,14,22H,6-7,12-13,15-21H2,1-2H3,(H,33,39). The number of carbonyl (C=O) groups is 1. The molecule has 0 atom stereocenters. The van der Waals surface area contributed by atoms with E-state index in [0.29, 0.717) is 23.6 Å². The quantitative estimate of drug-likeness (QED) is 0.338. The summed E-state index contributed by atoms with van der Waals surface area (Å²) in [5.41, 5.74) is 7.01. The summed E-state index contributed by atoms with van der Waals surface area (Å²) in [5.74, 6) is 1.16. The first-order chi connectivity index (χ1) is 20.2. The summed E-state index contributed by atoms with van der Waals surface area (Å²) in [4.78, 5) is 23.0. The molecule has 6 rings (SSSR count). The highest BCUT2D eigenvalue weighted by Gasteiger charge is 2.34. The van der Waals surface area contributed by atoms with Gasteiger partial charge in [-0.2, -0.15) is 4.79 Å². The highest BCUT2D eigenvalue weighted by Crippen LogP contribution is 2.39. The monoisotopic (exact) mass is 554 g/mol. The molecule has 2 heterocycles. The minimum Gasteiger partial charge on any atom is -0.493 e. The Morgan fingerprint density at radius 1 is 0.927 bits per heavy atom. The van der Waals surface area contributed by atoms with E-state index in [-0.39, 0.29) is 5.91 Å². The number of nitrogens with one attached hydrogen (secondary N) is 1. The van der Waals surface area contributed by atoms with Crippen molar-refractivity contribution in [3.8, 4) is 22.9 Å². The zero-order valence-electron chi connectivity index (χ0n) is 23.9. The summed E-state index contributed by atoms with van der Waals surface area (Å²) in [5, 5.41) is 10.2. The summed E-state index contributed by atoms with van der Waals surface area (Å²) in [7, 11) is 3.23. The van der Waals surface area contributed by atoms with Crippen molar-refractivity contribution in [2.45, 2.75) is 38.6 Å². The number of fused-ring (bicyclic) bond motifs is 3. The summed E-state index contributed by atoms with van der Waals surface area (Å²) in [6.07, 6.45) is 6.65. The lowest BCUT2D eigenvalue weighted by atomic mass is 9.93. The van der Waals surface area contributed by atoms with Crippen molar-refractivity contribution >= 4 is 5.91 Å². The molecule has 2 aromatic rings. The fourth-order valence-electron chi connectivity index (χ4n) is 6.28. The second-order valence-corrected chi connectivity index (χ2v) is 10.8. The van der Waals surface area contributed by atoms with Gasteiger partial charge in [0, 0.05) is 44.8 Å². The van der Waals surface area contributed by atoms with Crippen molar-refractivity contribution in [2.75, 3.05) is 52.0 Å². The fourth-order valence-corrected chi connectivity index (χ4v) is 6.28. The molecule has 9 heteroatoms. The highest BCUT2D eigenvalue weighted by atomic mass is 16.5. The van der Waals surface area contributed by atoms with E-state index in [4.69, 9.17) is 14.6 Å². The van der Waals surface area contributed by atoms with Crippen molar-refractivity contribution < 1.29 is 14.3 Å². The summed E-state index contributed by atoms with van der Waals surface area (Å²) < 4.78 is 11.0. The number of piperazine rings is 1. The summed E-state index contributed by atoms with van der Waals surface area (Å²) in [6.45, 7) is 5.09. The predicted molar refractivity (Wildman–Crippen MR) is 159 cm³/mol. The van der Waals surface area contributed by atoms with Gasteiger partial charge in [0.25, 0.3) is 5.91 Å². The number of amides is 1. The molecule has 41 heavy (non-hydrogen) atoms. The molecule has 4 aliphatic rings. The molecule has 1 fully saturated rings. The molecule has 0 spiro atoms. The molecule has 1 saturated heterocycles. The second kappa shape index (κ2) is 12.2. The first-order valence-electron chi connectivity index (χ1n) is 14.5. The third-order valence-corrected chi connectivity index (χ3v) is 8.39. The van der Waals surface area contributed by atoms with Crippen molar-refractivity contribution in [3.05, 3.63) is 82.7 Å². The predicted octanol–water partition coefficient (Wildman–Crippen LogP) is 3.71. The molecule has 2 aliphatic carbocycles. The molecule has 9 nitrogen and oxygen atoms in total. The van der Waals surface area contributed by atoms with Gasteiger partial charge in [-0.3, -0.25) is 14.7 Å². The molecule has 2 aromatic carbocycles. The highest BCUT2D eigenvalue weighted by molar-refractivity contribution is 6.04. The van der Waals surface area contributed by atoms with Crippen LogP contribution in [0.4, 0.5) is 0 Å². The van der Waals surface area contributed by atoms with Crippen LogP contribution in [0.2, 0.25) is 0 Å². The molecule has 0 radical (unpaired) electrons. The van der Waals surface area contributed by atoms with Crippen LogP contribution < -0.4 is 19.8 Å². The Kier molecular flexibility index (Phi) is 8.04. The third kappa shape index (κ3) is 5.46. The van der Waals surface area contributed by atoms with Crippen LogP contribution in [0.3, 0.4) is 0 Å². The first-order valence-corrected chi connectivity index (χ1v) is 14.5. The molecule has 2 aliphatic heterocycles. The molecule has 214 valence electrons. The molecule has 1 amide bonds. The molecule has 0 saturated carbocycles. The Bertz CT molecular complexity index is 1460. The van der Waals surface area contributed by atoms with Crippen molar-refractivity contribution in [1.82, 2.24) is 25.1 Å². The minimum atomic E-state index is -0.112. The van der Waals surface area contributed by atoms with Gasteiger partial charge in [0.05, 0.1) is 19.8 Å². The van der Waals surface area contributed by atoms with Crippen LogP contribution in [0.25, 0.3) is 11.4 Å². The number of hydrogen-bond donors (Lipinski definition) is 1. The average Bonchev–Trinajstić information content (AvgIpc) is 3.38. The number of rotatable bonds is 9. The number of aromatic nitrogens is 3. The maximum absolute atomic E-state index is 13.8. The molecule has 1 N–H and O–H groups in total. The fraction of sp³-hybridized carbons (Fsp3) is 0.406. The van der Waals surface area contributed by atoms with Crippen LogP contribution in [0, 0.1) is 0 Å². The van der Waals surface area contributed by atoms with Gasteiger partial charge in [-0.05, 0) is 54.9 Å². The lowest BCUT2D eigenvalue weighted by Gasteiger charge is -2.37. The number of methoxy groups -OCH3 is 2. The Balaban J connectivity index is 1.20. The van der Waals surface area contributed by atoms with E-state index in [2.05, 4.69) is 50.5 Å². The van der Waals surface area contributed by atoms with E-state index in [0.717, 1.165) is 87.3 Å². The topological polar surface area (TPSA) is 84.7 Å². The van der Waals surface area contributed by atoms with Crippen molar-refractivity contribution in [1.29, 1.82) is 0 Å². The SMILES string of the molecule is COc1cccc(CNC(=O)c2c3ncnn(N4CCN(CCc5ccccc5)CC4)c-3c3c2CCCC3)c1OC. The van der Waals surface area contributed by atoms with Crippen LogP contribution in [-0.4, -0.2) is 72.6 Å². The molecule has 0 aromatic heterocycles. The smallest absolute Gasteiger partial charge is 0.254 e. The van der Waals surface area contributed by atoms with Gasteiger partial charge in [-0.1, -0.05) is 42.5 Å². The van der Waals surface area contributed by atoms with Crippen LogP contribution in [0.15, 0.2) is 54.9 Å². The van der Waals surface area contributed by atoms with Gasteiger partial charge in [-0.25, -0.2) is 4.98 Å². The number of carbonyl (C=O) groups excluding carboxylic acids is 1. The summed E-state index contributed by atoms with van der Waals surface area (Å²) >= 11 is 0. The van der Waals surface area contributed by atoms with E-state index in [1.807, 2.05) is 23.0 Å². The van der Waals surface area contributed by atoms with Gasteiger partial charge in [0.1, 0.15) is 17.7 Å². The van der Waals surface area contributed by atoms with E-state index >= 15 is 0 Å². The first kappa shape index (κ1) is 27.1. The molecule has 0 unspecified atom stereocenters. The van der Waals surface area contributed by atoms with Crippen LogP contribution in [0.1, 0.15) is 45.5 Å². The third-order valence-electron chi connectivity index (χ3n) is 8.39. The van der Waals surface area contributed by atoms with Gasteiger partial charge in [-0.15, -0.1) is 5.10 Å². The van der Waals surface area contributed by atoms with Crippen LogP contribution in [0.5, 0.6) is 11.5 Å². The zero-order valence-corrected chi connectivity index (χ0v) is 23.9. The molecular weight excluding hydrogens is 516 g/mol. The van der Waals surface area contributed by atoms with Crippen molar-refractivity contribution in [2.24, 2.45) is 0 Å². The maximum atomic E-state index is 13.8. The Morgan fingerprint density at radius 2 is 1.71 bits per heavy atom. The van der Waals surface area contributed by atoms with E-state index in [9.17, 15) is 4.79 Å². The van der Waals surface area contributed by atoms with Crippen molar-refractivity contribution in [3.63, 3.8) is 0 Å². The van der Waals surface area contributed by atoms with E-state index < -0.39 is 0 Å². The zero-order chi connectivity index (χ0) is 28.2. The maximum Gasteiger partial charge on any atom is 0.254 e. The number of nitrogens with zero attached hydrogens (tertiary/aromatic N) is 5. The lowest BCUT2D eigenvalue weighted by Crippen LogP contribution is -2.52. The largest absolute Gasteiger partial charge is 0.493 e. The number of para-hydroxylation sites is 1. The van der Waals surface area contributed by atoms with Gasteiger partial charge < -0.3 is 14.8 Å². The summed E-state index contributed by atoms with van der Waals surface area (Å²) in [6, 6.07) is 16.4. The number of benzene rings is 2. The van der Waals surface area contributed by atoms with Gasteiger partial charge in [0.15, 0.2) is 11.5 Å². The molecule has 0 bridgehead atoms. The van der Waals surface area contributed by atoms with Crippen LogP contribution >= 0.6 is 0 Å². The Morgan fingerprint density at radius 3 is 2.46 bits per heavy atom. The van der Waals surface area contributed by atoms with Gasteiger partial charge in [0.2, 0.25) is 0 Å². The number of ether oxygens (including phenoxy) is 2. The average molecular weight is 555 g/mol. The minimum absolute atomic E-state index is 0.112. The van der Waals surface area contributed by atoms with E-state index in [1.165, 1.54) is 11.1 Å².